The summed E-state index contributed by atoms with van der Waals surface area (Å²) in [4.78, 5) is 2.56. The Morgan fingerprint density at radius 3 is 2.06 bits per heavy atom. The molecule has 0 saturated heterocycles. The highest BCUT2D eigenvalue weighted by atomic mass is 15.2. The molecule has 10 rings (SSSR count). The summed E-state index contributed by atoms with van der Waals surface area (Å²) in [5.74, 6) is 0. The minimum absolute atomic E-state index is 0.294. The SMILES string of the molecule is C1=CCC2C(=C1)c1cc(-c3cccc(-c4ccc5c(c4)c4ccccc4n5-c4ccccc4)c3)ccc1N2c1cccc2ccccc12. The zero-order chi connectivity index (χ0) is 31.6. The van der Waals surface area contributed by atoms with E-state index in [4.69, 9.17) is 0 Å². The lowest BCUT2D eigenvalue weighted by Crippen LogP contribution is -2.27. The van der Waals surface area contributed by atoms with Gasteiger partial charge in [-0.1, -0.05) is 121 Å². The summed E-state index contributed by atoms with van der Waals surface area (Å²) in [7, 11) is 0. The molecule has 1 aromatic heterocycles. The molecule has 0 N–H and O–H groups in total. The summed E-state index contributed by atoms with van der Waals surface area (Å²) in [6.45, 7) is 0. The van der Waals surface area contributed by atoms with Crippen molar-refractivity contribution in [2.45, 2.75) is 12.5 Å². The molecule has 226 valence electrons. The predicted molar refractivity (Wildman–Crippen MR) is 203 cm³/mol. The van der Waals surface area contributed by atoms with Crippen molar-refractivity contribution in [2.24, 2.45) is 0 Å². The quantitative estimate of drug-likeness (QED) is 0.192. The average Bonchev–Trinajstić information content (AvgIpc) is 3.67. The van der Waals surface area contributed by atoms with Crippen molar-refractivity contribution in [1.82, 2.24) is 4.57 Å². The molecule has 0 radical (unpaired) electrons. The Labute approximate surface area is 280 Å². The maximum absolute atomic E-state index is 2.56. The van der Waals surface area contributed by atoms with Crippen LogP contribution in [0.4, 0.5) is 11.4 Å². The number of rotatable bonds is 4. The van der Waals surface area contributed by atoms with Crippen LogP contribution in [-0.2, 0) is 0 Å². The average molecular weight is 613 g/mol. The molecular weight excluding hydrogens is 581 g/mol. The number of benzene rings is 7. The summed E-state index contributed by atoms with van der Waals surface area (Å²) >= 11 is 0. The van der Waals surface area contributed by atoms with Gasteiger partial charge in [-0.2, -0.15) is 0 Å². The van der Waals surface area contributed by atoms with E-state index < -0.39 is 0 Å². The van der Waals surface area contributed by atoms with Gasteiger partial charge in [-0.25, -0.2) is 0 Å². The Morgan fingerprint density at radius 1 is 0.479 bits per heavy atom. The molecule has 0 amide bonds. The van der Waals surface area contributed by atoms with Crippen molar-refractivity contribution >= 4 is 49.5 Å². The van der Waals surface area contributed by atoms with Crippen molar-refractivity contribution < 1.29 is 0 Å². The van der Waals surface area contributed by atoms with Crippen LogP contribution in [-0.4, -0.2) is 10.6 Å². The van der Waals surface area contributed by atoms with E-state index in [9.17, 15) is 0 Å². The second kappa shape index (κ2) is 10.7. The molecule has 2 heterocycles. The molecule has 1 aliphatic heterocycles. The number of hydrogen-bond acceptors (Lipinski definition) is 1. The first kappa shape index (κ1) is 27.0. The van der Waals surface area contributed by atoms with E-state index in [1.165, 1.54) is 83.0 Å². The number of allylic oxidation sites excluding steroid dienone is 2. The largest absolute Gasteiger partial charge is 0.332 e. The van der Waals surface area contributed by atoms with Crippen LogP contribution in [0.3, 0.4) is 0 Å². The van der Waals surface area contributed by atoms with Gasteiger partial charge in [0.05, 0.1) is 17.1 Å². The molecule has 0 spiro atoms. The lowest BCUT2D eigenvalue weighted by Gasteiger charge is -2.29. The van der Waals surface area contributed by atoms with Crippen LogP contribution in [0.2, 0.25) is 0 Å². The lowest BCUT2D eigenvalue weighted by molar-refractivity contribution is 0.832. The maximum Gasteiger partial charge on any atom is 0.0633 e. The van der Waals surface area contributed by atoms with Crippen LogP contribution < -0.4 is 4.90 Å². The molecule has 8 aromatic rings. The van der Waals surface area contributed by atoms with E-state index in [1.807, 2.05) is 0 Å². The van der Waals surface area contributed by atoms with Crippen LogP contribution in [0.5, 0.6) is 0 Å². The monoisotopic (exact) mass is 612 g/mol. The summed E-state index contributed by atoms with van der Waals surface area (Å²) in [5, 5.41) is 5.11. The molecule has 1 atom stereocenters. The molecule has 0 saturated carbocycles. The third-order valence-electron chi connectivity index (χ3n) is 10.3. The maximum atomic E-state index is 2.56. The summed E-state index contributed by atoms with van der Waals surface area (Å²) in [6.07, 6.45) is 7.84. The molecule has 2 aliphatic rings. The Balaban J connectivity index is 1.07. The molecule has 2 nitrogen and oxygen atoms in total. The van der Waals surface area contributed by atoms with Gasteiger partial charge in [0.1, 0.15) is 0 Å². The summed E-state index contributed by atoms with van der Waals surface area (Å²) < 4.78 is 2.37. The third-order valence-corrected chi connectivity index (χ3v) is 10.3. The zero-order valence-corrected chi connectivity index (χ0v) is 26.4. The number of nitrogens with zero attached hydrogens (tertiary/aromatic N) is 2. The topological polar surface area (TPSA) is 8.17 Å². The van der Waals surface area contributed by atoms with Crippen LogP contribution in [0.15, 0.2) is 176 Å². The minimum Gasteiger partial charge on any atom is -0.332 e. The van der Waals surface area contributed by atoms with E-state index in [1.54, 1.807) is 0 Å². The van der Waals surface area contributed by atoms with E-state index in [2.05, 4.69) is 185 Å². The predicted octanol–water partition coefficient (Wildman–Crippen LogP) is 12.1. The number of para-hydroxylation sites is 2. The smallest absolute Gasteiger partial charge is 0.0633 e. The second-order valence-corrected chi connectivity index (χ2v) is 12.9. The number of anilines is 2. The van der Waals surface area contributed by atoms with Gasteiger partial charge in [-0.15, -0.1) is 0 Å². The normalized spacial score (nSPS) is 15.2. The number of fused-ring (bicyclic) bond motifs is 7. The van der Waals surface area contributed by atoms with Crippen LogP contribution in [0.25, 0.3) is 66.1 Å². The molecule has 48 heavy (non-hydrogen) atoms. The Kier molecular flexibility index (Phi) is 6.04. The molecule has 0 bridgehead atoms. The highest BCUT2D eigenvalue weighted by molar-refractivity contribution is 6.10. The second-order valence-electron chi connectivity index (χ2n) is 12.9. The standard InChI is InChI=1S/C46H32N2/c1-2-16-36(17-3-1)47-43-21-8-6-19-38(43)40-29-34(24-26-45(40)47)32-14-10-15-33(28-32)35-25-27-46-41(30-35)39-20-7-9-22-44(39)48(46)42-23-11-13-31-12-4-5-18-37(31)42/h1-21,23-30,44H,22H2. The van der Waals surface area contributed by atoms with Crippen LogP contribution in [0.1, 0.15) is 12.0 Å². The van der Waals surface area contributed by atoms with Gasteiger partial charge in [0.2, 0.25) is 0 Å². The Morgan fingerprint density at radius 2 is 1.17 bits per heavy atom. The number of aromatic nitrogens is 1. The van der Waals surface area contributed by atoms with Gasteiger partial charge in [0.15, 0.2) is 0 Å². The molecule has 2 heteroatoms. The van der Waals surface area contributed by atoms with Gasteiger partial charge in [0, 0.05) is 38.8 Å². The fourth-order valence-corrected chi connectivity index (χ4v) is 8.06. The van der Waals surface area contributed by atoms with E-state index in [0.29, 0.717) is 6.04 Å². The first-order chi connectivity index (χ1) is 23.8. The first-order valence-electron chi connectivity index (χ1n) is 16.8. The lowest BCUT2D eigenvalue weighted by atomic mass is 9.93. The van der Waals surface area contributed by atoms with E-state index in [0.717, 1.165) is 6.42 Å². The minimum atomic E-state index is 0.294. The van der Waals surface area contributed by atoms with Gasteiger partial charge in [0.25, 0.3) is 0 Å². The Hall–Kier alpha value is -6.12. The third kappa shape index (κ3) is 4.13. The van der Waals surface area contributed by atoms with Crippen molar-refractivity contribution in [1.29, 1.82) is 0 Å². The molecule has 0 fully saturated rings. The molecule has 1 aliphatic carbocycles. The molecular formula is C46H32N2. The first-order valence-corrected chi connectivity index (χ1v) is 16.8. The van der Waals surface area contributed by atoms with Gasteiger partial charge in [-0.3, -0.25) is 0 Å². The van der Waals surface area contributed by atoms with Crippen LogP contribution in [0, 0.1) is 0 Å². The van der Waals surface area contributed by atoms with Crippen molar-refractivity contribution in [3.63, 3.8) is 0 Å². The van der Waals surface area contributed by atoms with Gasteiger partial charge >= 0.3 is 0 Å². The Bertz CT molecular complexity index is 2600. The van der Waals surface area contributed by atoms with Crippen molar-refractivity contribution in [2.75, 3.05) is 4.90 Å². The summed E-state index contributed by atoms with van der Waals surface area (Å²) in [6, 6.07) is 58.1. The fourth-order valence-electron chi connectivity index (χ4n) is 8.06. The highest BCUT2D eigenvalue weighted by Gasteiger charge is 2.35. The zero-order valence-electron chi connectivity index (χ0n) is 26.4. The van der Waals surface area contributed by atoms with E-state index in [-0.39, 0.29) is 0 Å². The van der Waals surface area contributed by atoms with E-state index >= 15 is 0 Å². The summed E-state index contributed by atoms with van der Waals surface area (Å²) in [5.41, 5.74) is 13.8. The van der Waals surface area contributed by atoms with Gasteiger partial charge in [-0.05, 0) is 94.2 Å². The highest BCUT2D eigenvalue weighted by Crippen LogP contribution is 2.50. The fraction of sp³-hybridized carbons (Fsp3) is 0.0435. The molecule has 7 aromatic carbocycles. The van der Waals surface area contributed by atoms with Crippen molar-refractivity contribution in [3.8, 4) is 27.9 Å². The van der Waals surface area contributed by atoms with Gasteiger partial charge < -0.3 is 9.47 Å². The van der Waals surface area contributed by atoms with Crippen molar-refractivity contribution in [3.05, 3.63) is 182 Å². The molecule has 1 unspecified atom stereocenters. The number of hydrogen-bond donors (Lipinski definition) is 0. The van der Waals surface area contributed by atoms with Crippen LogP contribution >= 0.6 is 0 Å².